The van der Waals surface area contributed by atoms with E-state index in [1.165, 1.54) is 24.3 Å². The third-order valence-corrected chi connectivity index (χ3v) is 8.97. The molecule has 0 aliphatic heterocycles. The lowest BCUT2D eigenvalue weighted by Gasteiger charge is -2.19. The molecule has 1 saturated carbocycles. The van der Waals surface area contributed by atoms with Gasteiger partial charge < -0.3 is 36.1 Å². The number of carbonyl (C=O) groups excluding carboxylic acids is 4. The number of benzene rings is 3. The SMILES string of the molecule is COC(=O)[C@H](CNC(=O)C(=O)Nc1ccc(Cc2ccncc2)cc1)NC(=O)c1ccc(Nc2nc(NC3(c4ccc(Cl)cc4)CC3)nc(OCC(F)(F)F)n2)cc1. The Kier molecular flexibility index (Phi) is 12.7. The Morgan fingerprint density at radius 1 is 0.810 bits per heavy atom. The van der Waals surface area contributed by atoms with Crippen LogP contribution in [0.1, 0.15) is 39.9 Å². The minimum Gasteiger partial charge on any atom is -0.467 e. The molecule has 5 aromatic rings. The number of pyridine rings is 1. The van der Waals surface area contributed by atoms with Crippen molar-refractivity contribution in [1.82, 2.24) is 30.6 Å². The van der Waals surface area contributed by atoms with E-state index < -0.39 is 60.6 Å². The van der Waals surface area contributed by atoms with Gasteiger partial charge in [0.2, 0.25) is 11.9 Å². The maximum absolute atomic E-state index is 13.1. The smallest absolute Gasteiger partial charge is 0.422 e. The van der Waals surface area contributed by atoms with Crippen molar-refractivity contribution in [1.29, 1.82) is 0 Å². The Balaban J connectivity index is 1.05. The largest absolute Gasteiger partial charge is 0.467 e. The van der Waals surface area contributed by atoms with Crippen molar-refractivity contribution in [3.8, 4) is 6.01 Å². The summed E-state index contributed by atoms with van der Waals surface area (Å²) in [5.41, 5.74) is 3.15. The number of esters is 1. The highest BCUT2D eigenvalue weighted by Gasteiger charge is 2.45. The van der Waals surface area contributed by atoms with Crippen molar-refractivity contribution < 1.29 is 41.8 Å². The molecule has 3 amide bonds. The van der Waals surface area contributed by atoms with Crippen LogP contribution in [0.25, 0.3) is 0 Å². The van der Waals surface area contributed by atoms with Crippen molar-refractivity contribution >= 4 is 58.6 Å². The van der Waals surface area contributed by atoms with Gasteiger partial charge in [-0.1, -0.05) is 35.9 Å². The zero-order valence-electron chi connectivity index (χ0n) is 30.6. The standard InChI is InChI=1S/C39H35ClF3N9O6/c1-57-34(56)30(21-45-32(54)33(55)46-28-10-2-23(3-11-28)20-24-14-18-44-19-15-24)48-31(53)25-4-12-29(13-5-25)47-35-49-36(51-37(50-35)58-22-39(41,42)43)52-38(16-17-38)26-6-8-27(40)9-7-26/h2-15,18-19,30H,16-17,20-22H2,1H3,(H,45,54)(H,46,55)(H,48,53)(H2,47,49,50,51,52)/t30-/m0/s1. The lowest BCUT2D eigenvalue weighted by Crippen LogP contribution is -2.50. The number of amides is 3. The van der Waals surface area contributed by atoms with Crippen LogP contribution in [0.4, 0.5) is 36.4 Å². The number of aromatic nitrogens is 4. The number of nitrogens with zero attached hydrogens (tertiary/aromatic N) is 4. The van der Waals surface area contributed by atoms with Crippen LogP contribution in [0.2, 0.25) is 5.02 Å². The molecule has 2 heterocycles. The number of halogens is 4. The van der Waals surface area contributed by atoms with Gasteiger partial charge in [-0.3, -0.25) is 19.4 Å². The Hall–Kier alpha value is -6.82. The number of methoxy groups -OCH3 is 1. The molecule has 0 radical (unpaired) electrons. The molecule has 1 aliphatic rings. The molecule has 5 N–H and O–H groups in total. The van der Waals surface area contributed by atoms with E-state index in [1.54, 1.807) is 48.8 Å². The van der Waals surface area contributed by atoms with Crippen molar-refractivity contribution in [3.05, 3.63) is 125 Å². The van der Waals surface area contributed by atoms with Crippen LogP contribution < -0.4 is 31.3 Å². The van der Waals surface area contributed by atoms with E-state index in [9.17, 15) is 32.3 Å². The van der Waals surface area contributed by atoms with Gasteiger partial charge in [-0.25, -0.2) is 4.79 Å². The topological polar surface area (TPSA) is 198 Å². The van der Waals surface area contributed by atoms with Crippen LogP contribution in [0.5, 0.6) is 6.01 Å². The number of ether oxygens (including phenoxy) is 2. The summed E-state index contributed by atoms with van der Waals surface area (Å²) in [7, 11) is 1.10. The number of alkyl halides is 3. The molecule has 58 heavy (non-hydrogen) atoms. The van der Waals surface area contributed by atoms with E-state index in [-0.39, 0.29) is 17.5 Å². The number of hydrogen-bond donors (Lipinski definition) is 5. The van der Waals surface area contributed by atoms with E-state index in [1.807, 2.05) is 24.3 Å². The first-order valence-electron chi connectivity index (χ1n) is 17.6. The number of nitrogens with one attached hydrogen (secondary N) is 5. The predicted octanol–water partition coefficient (Wildman–Crippen LogP) is 5.32. The summed E-state index contributed by atoms with van der Waals surface area (Å²) in [6.45, 7) is -2.10. The first-order valence-corrected chi connectivity index (χ1v) is 18.0. The van der Waals surface area contributed by atoms with Crippen molar-refractivity contribution in [2.24, 2.45) is 0 Å². The highest BCUT2D eigenvalue weighted by molar-refractivity contribution is 6.39. The summed E-state index contributed by atoms with van der Waals surface area (Å²) < 4.78 is 48.6. The first kappa shape index (κ1) is 40.8. The monoisotopic (exact) mass is 817 g/mol. The highest BCUT2D eigenvalue weighted by Crippen LogP contribution is 2.48. The Bertz CT molecular complexity index is 2250. The van der Waals surface area contributed by atoms with Gasteiger partial charge in [0, 0.05) is 40.9 Å². The Morgan fingerprint density at radius 2 is 1.45 bits per heavy atom. The van der Waals surface area contributed by atoms with Crippen LogP contribution in [0.15, 0.2) is 97.3 Å². The highest BCUT2D eigenvalue weighted by atomic mass is 35.5. The minimum atomic E-state index is -4.65. The molecule has 3 aromatic carbocycles. The molecule has 0 bridgehead atoms. The molecule has 1 fully saturated rings. The maximum Gasteiger partial charge on any atom is 0.422 e. The van der Waals surface area contributed by atoms with E-state index >= 15 is 0 Å². The van der Waals surface area contributed by atoms with Crippen LogP contribution in [0, 0.1) is 0 Å². The third kappa shape index (κ3) is 11.4. The molecule has 2 aromatic heterocycles. The minimum absolute atomic E-state index is 0.0389. The van der Waals surface area contributed by atoms with E-state index in [0.29, 0.717) is 35.7 Å². The summed E-state index contributed by atoms with van der Waals surface area (Å²) in [6.07, 6.45) is 0.802. The molecule has 15 nitrogen and oxygen atoms in total. The zero-order chi connectivity index (χ0) is 41.3. The van der Waals surface area contributed by atoms with Crippen LogP contribution in [0.3, 0.4) is 0 Å². The molecule has 6 rings (SSSR count). The van der Waals surface area contributed by atoms with Crippen LogP contribution >= 0.6 is 11.6 Å². The van der Waals surface area contributed by atoms with Gasteiger partial charge in [0.25, 0.3) is 5.91 Å². The van der Waals surface area contributed by atoms with Gasteiger partial charge in [0.1, 0.15) is 6.04 Å². The number of hydrogen-bond acceptors (Lipinski definition) is 12. The number of rotatable bonds is 15. The second kappa shape index (κ2) is 18.0. The van der Waals surface area contributed by atoms with Crippen molar-refractivity contribution in [3.63, 3.8) is 0 Å². The Labute approximate surface area is 334 Å². The van der Waals surface area contributed by atoms with Gasteiger partial charge >= 0.3 is 30.0 Å². The summed E-state index contributed by atoms with van der Waals surface area (Å²) in [6, 6.07) is 21.6. The molecule has 300 valence electrons. The summed E-state index contributed by atoms with van der Waals surface area (Å²) in [5.74, 6) is -3.85. The quantitative estimate of drug-likeness (QED) is 0.0674. The number of anilines is 4. The molecule has 0 unspecified atom stereocenters. The molecular weight excluding hydrogens is 783 g/mol. The van der Waals surface area contributed by atoms with E-state index in [2.05, 4.69) is 46.5 Å². The van der Waals surface area contributed by atoms with Crippen LogP contribution in [-0.4, -0.2) is 76.1 Å². The summed E-state index contributed by atoms with van der Waals surface area (Å²) in [5, 5.41) is 13.9. The zero-order valence-corrected chi connectivity index (χ0v) is 31.4. The average Bonchev–Trinajstić information content (AvgIpc) is 3.99. The van der Waals surface area contributed by atoms with Crippen LogP contribution in [-0.2, 0) is 31.1 Å². The Morgan fingerprint density at radius 3 is 2.09 bits per heavy atom. The normalized spacial score (nSPS) is 13.3. The lowest BCUT2D eigenvalue weighted by molar-refractivity contribution is -0.154. The van der Waals surface area contributed by atoms with Gasteiger partial charge in [0.05, 0.1) is 12.6 Å². The van der Waals surface area contributed by atoms with Crippen molar-refractivity contribution in [2.45, 2.75) is 37.0 Å². The second-order valence-corrected chi connectivity index (χ2v) is 13.5. The van der Waals surface area contributed by atoms with Gasteiger partial charge in [0.15, 0.2) is 6.61 Å². The predicted molar refractivity (Wildman–Crippen MR) is 205 cm³/mol. The molecule has 0 saturated heterocycles. The fourth-order valence-corrected chi connectivity index (χ4v) is 5.72. The molecule has 1 aliphatic carbocycles. The maximum atomic E-state index is 13.1. The van der Waals surface area contributed by atoms with Gasteiger partial charge in [-0.05, 0) is 96.6 Å². The number of carbonyl (C=O) groups is 4. The van der Waals surface area contributed by atoms with E-state index in [0.717, 1.165) is 23.8 Å². The summed E-state index contributed by atoms with van der Waals surface area (Å²) in [4.78, 5) is 67.2. The second-order valence-electron chi connectivity index (χ2n) is 13.0. The lowest BCUT2D eigenvalue weighted by atomic mass is 10.1. The summed E-state index contributed by atoms with van der Waals surface area (Å²) >= 11 is 6.03. The van der Waals surface area contributed by atoms with Gasteiger partial charge in [-0.2, -0.15) is 28.1 Å². The molecule has 0 spiro atoms. The average molecular weight is 818 g/mol. The third-order valence-electron chi connectivity index (χ3n) is 8.71. The fourth-order valence-electron chi connectivity index (χ4n) is 5.59. The first-order chi connectivity index (χ1) is 27.8. The molecule has 19 heteroatoms. The van der Waals surface area contributed by atoms with Gasteiger partial charge in [-0.15, -0.1) is 0 Å². The molecule has 1 atom stereocenters. The van der Waals surface area contributed by atoms with E-state index in [4.69, 9.17) is 21.1 Å². The van der Waals surface area contributed by atoms with Crippen molar-refractivity contribution in [2.75, 3.05) is 36.2 Å². The molecular formula is C39H35ClF3N9O6. The fraction of sp³-hybridized carbons (Fsp3) is 0.231.